The predicted molar refractivity (Wildman–Crippen MR) is 74.0 cm³/mol. The van der Waals surface area contributed by atoms with Crippen LogP contribution in [0.5, 0.6) is 0 Å². The van der Waals surface area contributed by atoms with E-state index in [0.717, 1.165) is 5.76 Å². The average Bonchev–Trinajstić information content (AvgIpc) is 2.83. The molecule has 3 N–H and O–H groups in total. The molecule has 5 heteroatoms. The molecule has 1 amide bonds. The molecule has 0 unspecified atom stereocenters. The predicted octanol–water partition coefficient (Wildman–Crippen LogP) is 2.32. The van der Waals surface area contributed by atoms with Gasteiger partial charge in [0.2, 0.25) is 0 Å². The number of nitrogens with one attached hydrogen (secondary N) is 1. The maximum atomic E-state index is 11.8. The summed E-state index contributed by atoms with van der Waals surface area (Å²) in [6.45, 7) is 3.62. The minimum atomic E-state index is -0.289. The van der Waals surface area contributed by atoms with Gasteiger partial charge in [-0.25, -0.2) is 5.43 Å². The topological polar surface area (TPSA) is 80.6 Å². The van der Waals surface area contributed by atoms with Gasteiger partial charge in [-0.2, -0.15) is 5.10 Å². The fraction of sp³-hybridized carbons (Fsp3) is 0.143. The molecule has 0 aliphatic rings. The Hall–Kier alpha value is -2.56. The van der Waals surface area contributed by atoms with Gasteiger partial charge in [-0.3, -0.25) is 4.79 Å². The van der Waals surface area contributed by atoms with Gasteiger partial charge in [0.15, 0.2) is 0 Å². The normalized spacial score (nSPS) is 11.4. The van der Waals surface area contributed by atoms with Gasteiger partial charge < -0.3 is 10.2 Å². The number of nitrogens with zero attached hydrogens (tertiary/aromatic N) is 1. The Balaban J connectivity index is 2.05. The minimum Gasteiger partial charge on any atom is -0.460 e. The summed E-state index contributed by atoms with van der Waals surface area (Å²) >= 11 is 0. The van der Waals surface area contributed by atoms with Gasteiger partial charge in [0, 0.05) is 11.3 Å². The van der Waals surface area contributed by atoms with Crippen molar-refractivity contribution in [3.63, 3.8) is 0 Å². The Kier molecular flexibility index (Phi) is 3.66. The van der Waals surface area contributed by atoms with E-state index in [1.54, 1.807) is 31.2 Å². The third-order valence-corrected chi connectivity index (χ3v) is 2.59. The molecule has 0 saturated heterocycles. The third kappa shape index (κ3) is 3.22. The highest BCUT2D eigenvalue weighted by molar-refractivity contribution is 5.99. The SMILES string of the molecule is C/C(=N\NC(=O)c1ccc(N)cc1)c1ccc(C)o1. The first-order valence-electron chi connectivity index (χ1n) is 5.83. The number of aryl methyl sites for hydroxylation is 1. The van der Waals surface area contributed by atoms with Crippen molar-refractivity contribution in [3.8, 4) is 0 Å². The highest BCUT2D eigenvalue weighted by Gasteiger charge is 2.06. The number of amides is 1. The van der Waals surface area contributed by atoms with Gasteiger partial charge in [0.05, 0.1) is 0 Å². The Labute approximate surface area is 111 Å². The summed E-state index contributed by atoms with van der Waals surface area (Å²) in [6.07, 6.45) is 0. The van der Waals surface area contributed by atoms with E-state index in [4.69, 9.17) is 10.2 Å². The fourth-order valence-corrected chi connectivity index (χ4v) is 1.52. The van der Waals surface area contributed by atoms with Crippen LogP contribution in [0.25, 0.3) is 0 Å². The van der Waals surface area contributed by atoms with Gasteiger partial charge >= 0.3 is 0 Å². The van der Waals surface area contributed by atoms with E-state index >= 15 is 0 Å². The first kappa shape index (κ1) is 12.9. The summed E-state index contributed by atoms with van der Waals surface area (Å²) in [5, 5.41) is 4.00. The van der Waals surface area contributed by atoms with Crippen molar-refractivity contribution in [2.45, 2.75) is 13.8 Å². The second-order valence-corrected chi connectivity index (χ2v) is 4.17. The standard InChI is InChI=1S/C14H15N3O2/c1-9-3-8-13(19-9)10(2)16-17-14(18)11-4-6-12(15)7-5-11/h3-8H,15H2,1-2H3,(H,17,18)/b16-10+. The Morgan fingerprint density at radius 2 is 1.89 bits per heavy atom. The highest BCUT2D eigenvalue weighted by Crippen LogP contribution is 2.08. The Morgan fingerprint density at radius 3 is 2.47 bits per heavy atom. The lowest BCUT2D eigenvalue weighted by Gasteiger charge is -2.01. The Bertz CT molecular complexity index is 612. The Morgan fingerprint density at radius 1 is 1.21 bits per heavy atom. The molecule has 0 aliphatic heterocycles. The van der Waals surface area contributed by atoms with E-state index in [1.165, 1.54) is 0 Å². The van der Waals surface area contributed by atoms with Crippen LogP contribution in [0, 0.1) is 6.92 Å². The van der Waals surface area contributed by atoms with E-state index in [9.17, 15) is 4.79 Å². The summed E-state index contributed by atoms with van der Waals surface area (Å²) in [4.78, 5) is 11.8. The summed E-state index contributed by atoms with van der Waals surface area (Å²) in [5.41, 5.74) is 9.75. The van der Waals surface area contributed by atoms with Gasteiger partial charge in [0.25, 0.3) is 5.91 Å². The van der Waals surface area contributed by atoms with Crippen LogP contribution in [0.3, 0.4) is 0 Å². The highest BCUT2D eigenvalue weighted by atomic mass is 16.3. The monoisotopic (exact) mass is 257 g/mol. The molecule has 0 bridgehead atoms. The van der Waals surface area contributed by atoms with Crippen LogP contribution in [-0.4, -0.2) is 11.6 Å². The van der Waals surface area contributed by atoms with Crippen LogP contribution in [-0.2, 0) is 0 Å². The maximum absolute atomic E-state index is 11.8. The van der Waals surface area contributed by atoms with Crippen LogP contribution in [0.2, 0.25) is 0 Å². The molecule has 0 radical (unpaired) electrons. The second kappa shape index (κ2) is 5.39. The van der Waals surface area contributed by atoms with E-state index in [1.807, 2.05) is 19.1 Å². The van der Waals surface area contributed by atoms with Crippen LogP contribution in [0.1, 0.15) is 28.8 Å². The van der Waals surface area contributed by atoms with Crippen molar-refractivity contribution in [2.24, 2.45) is 5.10 Å². The molecule has 0 atom stereocenters. The molecule has 19 heavy (non-hydrogen) atoms. The van der Waals surface area contributed by atoms with E-state index < -0.39 is 0 Å². The molecule has 2 aromatic rings. The number of hydrogen-bond donors (Lipinski definition) is 2. The van der Waals surface area contributed by atoms with Crippen LogP contribution in [0.4, 0.5) is 5.69 Å². The molecular formula is C14H15N3O2. The maximum Gasteiger partial charge on any atom is 0.271 e. The summed E-state index contributed by atoms with van der Waals surface area (Å²) < 4.78 is 5.40. The number of hydrazone groups is 1. The van der Waals surface area contributed by atoms with Crippen molar-refractivity contribution in [1.29, 1.82) is 0 Å². The first-order chi connectivity index (χ1) is 9.06. The second-order valence-electron chi connectivity index (χ2n) is 4.17. The number of benzene rings is 1. The number of furan rings is 1. The quantitative estimate of drug-likeness (QED) is 0.503. The molecule has 2 rings (SSSR count). The van der Waals surface area contributed by atoms with E-state index in [2.05, 4.69) is 10.5 Å². The van der Waals surface area contributed by atoms with Gasteiger partial charge in [-0.1, -0.05) is 0 Å². The first-order valence-corrected chi connectivity index (χ1v) is 5.83. The van der Waals surface area contributed by atoms with Crippen molar-refractivity contribution < 1.29 is 9.21 Å². The lowest BCUT2D eigenvalue weighted by molar-refractivity contribution is 0.0955. The van der Waals surface area contributed by atoms with Crippen LogP contribution in [0.15, 0.2) is 45.9 Å². The van der Waals surface area contributed by atoms with Crippen molar-refractivity contribution in [3.05, 3.63) is 53.5 Å². The molecule has 98 valence electrons. The minimum absolute atomic E-state index is 0.289. The smallest absolute Gasteiger partial charge is 0.271 e. The molecule has 1 heterocycles. The lowest BCUT2D eigenvalue weighted by Crippen LogP contribution is -2.19. The number of nitrogens with two attached hydrogens (primary N) is 1. The number of carbonyl (C=O) groups is 1. The summed E-state index contributed by atoms with van der Waals surface area (Å²) in [5.74, 6) is 1.15. The molecule has 0 spiro atoms. The van der Waals surface area contributed by atoms with Crippen molar-refractivity contribution in [2.75, 3.05) is 5.73 Å². The van der Waals surface area contributed by atoms with E-state index in [0.29, 0.717) is 22.7 Å². The molecule has 1 aromatic carbocycles. The average molecular weight is 257 g/mol. The summed E-state index contributed by atoms with van der Waals surface area (Å²) in [7, 11) is 0. The van der Waals surface area contributed by atoms with Crippen molar-refractivity contribution >= 4 is 17.3 Å². The summed E-state index contributed by atoms with van der Waals surface area (Å²) in [6, 6.07) is 10.3. The molecule has 1 aromatic heterocycles. The number of rotatable bonds is 3. The zero-order valence-electron chi connectivity index (χ0n) is 10.8. The molecule has 5 nitrogen and oxygen atoms in total. The fourth-order valence-electron chi connectivity index (χ4n) is 1.52. The largest absolute Gasteiger partial charge is 0.460 e. The molecule has 0 aliphatic carbocycles. The number of carbonyl (C=O) groups excluding carboxylic acids is 1. The van der Waals surface area contributed by atoms with Crippen molar-refractivity contribution in [1.82, 2.24) is 5.43 Å². The molecular weight excluding hydrogens is 242 g/mol. The third-order valence-electron chi connectivity index (χ3n) is 2.59. The molecule has 0 saturated carbocycles. The lowest BCUT2D eigenvalue weighted by atomic mass is 10.2. The van der Waals surface area contributed by atoms with Crippen LogP contribution >= 0.6 is 0 Å². The van der Waals surface area contributed by atoms with Crippen LogP contribution < -0.4 is 11.2 Å². The number of nitrogen functional groups attached to an aromatic ring is 1. The number of anilines is 1. The zero-order chi connectivity index (χ0) is 13.8. The van der Waals surface area contributed by atoms with E-state index in [-0.39, 0.29) is 5.91 Å². The number of hydrogen-bond acceptors (Lipinski definition) is 4. The zero-order valence-corrected chi connectivity index (χ0v) is 10.8. The van der Waals surface area contributed by atoms with Gasteiger partial charge in [0.1, 0.15) is 17.2 Å². The van der Waals surface area contributed by atoms with Gasteiger partial charge in [-0.05, 0) is 50.2 Å². The van der Waals surface area contributed by atoms with Gasteiger partial charge in [-0.15, -0.1) is 0 Å². The molecule has 0 fully saturated rings.